The van der Waals surface area contributed by atoms with E-state index >= 15 is 0 Å². The maximum atomic E-state index is 11.3. The standard InChI is InChI=1S/C19H15ClN2O4/c20-16-6-5-11(22(25)26)9-15(16)18-13-3-1-2-12(13)14-8-10(19(23)24)4-7-17(14)21-18/h1-2,4-9,12-13,18,21H,3H2,(H,23,24)/t12-,13+,18+/m0/s1. The molecule has 1 aliphatic heterocycles. The van der Waals surface area contributed by atoms with Crippen LogP contribution in [-0.2, 0) is 0 Å². The monoisotopic (exact) mass is 370 g/mol. The number of aromatic carboxylic acids is 1. The van der Waals surface area contributed by atoms with E-state index in [4.69, 9.17) is 11.6 Å². The Kier molecular flexibility index (Phi) is 3.92. The zero-order chi connectivity index (χ0) is 18.4. The molecule has 0 aromatic heterocycles. The largest absolute Gasteiger partial charge is 0.478 e. The van der Waals surface area contributed by atoms with Crippen molar-refractivity contribution in [1.82, 2.24) is 0 Å². The number of nitrogens with zero attached hydrogens (tertiary/aromatic N) is 1. The number of hydrogen-bond donors (Lipinski definition) is 2. The number of carbonyl (C=O) groups is 1. The zero-order valence-corrected chi connectivity index (χ0v) is 14.3. The van der Waals surface area contributed by atoms with Gasteiger partial charge in [0, 0.05) is 34.3 Å². The van der Waals surface area contributed by atoms with Crippen LogP contribution in [0.3, 0.4) is 0 Å². The molecule has 0 bridgehead atoms. The molecule has 6 nitrogen and oxygen atoms in total. The smallest absolute Gasteiger partial charge is 0.335 e. The van der Waals surface area contributed by atoms with Crippen molar-refractivity contribution in [2.24, 2.45) is 5.92 Å². The highest BCUT2D eigenvalue weighted by molar-refractivity contribution is 6.31. The van der Waals surface area contributed by atoms with Gasteiger partial charge >= 0.3 is 5.97 Å². The molecule has 2 aliphatic rings. The summed E-state index contributed by atoms with van der Waals surface area (Å²) in [6, 6.07) is 9.28. The van der Waals surface area contributed by atoms with Crippen molar-refractivity contribution in [2.45, 2.75) is 18.4 Å². The summed E-state index contributed by atoms with van der Waals surface area (Å²) in [5.74, 6) is -0.799. The third-order valence-electron chi connectivity index (χ3n) is 5.14. The van der Waals surface area contributed by atoms with Crippen LogP contribution in [0.2, 0.25) is 5.02 Å². The Hall–Kier alpha value is -2.86. The van der Waals surface area contributed by atoms with E-state index in [1.165, 1.54) is 12.1 Å². The van der Waals surface area contributed by atoms with E-state index in [1.54, 1.807) is 24.3 Å². The van der Waals surface area contributed by atoms with E-state index in [0.717, 1.165) is 17.7 Å². The molecule has 2 N–H and O–H groups in total. The van der Waals surface area contributed by atoms with Gasteiger partial charge in [-0.25, -0.2) is 4.79 Å². The molecule has 0 radical (unpaired) electrons. The van der Waals surface area contributed by atoms with Gasteiger partial charge in [-0.1, -0.05) is 23.8 Å². The molecule has 0 fully saturated rings. The molecule has 0 spiro atoms. The zero-order valence-electron chi connectivity index (χ0n) is 13.6. The summed E-state index contributed by atoms with van der Waals surface area (Å²) >= 11 is 6.36. The predicted molar refractivity (Wildman–Crippen MR) is 97.9 cm³/mol. The highest BCUT2D eigenvalue weighted by atomic mass is 35.5. The van der Waals surface area contributed by atoms with Crippen LogP contribution in [0.25, 0.3) is 0 Å². The van der Waals surface area contributed by atoms with E-state index in [0.29, 0.717) is 10.6 Å². The molecule has 26 heavy (non-hydrogen) atoms. The highest BCUT2D eigenvalue weighted by Crippen LogP contribution is 2.51. The summed E-state index contributed by atoms with van der Waals surface area (Å²) in [7, 11) is 0. The first kappa shape index (κ1) is 16.6. The minimum atomic E-state index is -0.963. The lowest BCUT2D eigenvalue weighted by Crippen LogP contribution is -2.29. The van der Waals surface area contributed by atoms with Crippen LogP contribution < -0.4 is 5.32 Å². The number of benzene rings is 2. The number of hydrogen-bond acceptors (Lipinski definition) is 4. The van der Waals surface area contributed by atoms with Crippen molar-refractivity contribution in [3.63, 3.8) is 0 Å². The fourth-order valence-electron chi connectivity index (χ4n) is 3.92. The number of carboxylic acids is 1. The third-order valence-corrected chi connectivity index (χ3v) is 5.48. The van der Waals surface area contributed by atoms with Crippen LogP contribution in [0, 0.1) is 16.0 Å². The first-order chi connectivity index (χ1) is 12.5. The van der Waals surface area contributed by atoms with Crippen molar-refractivity contribution in [3.05, 3.63) is 80.4 Å². The SMILES string of the molecule is O=C(O)c1ccc2c(c1)[C@H]1C=CC[C@H]1[C@H](c1cc([N+](=O)[O-])ccc1Cl)N2. The predicted octanol–water partition coefficient (Wildman–Crippen LogP) is 4.77. The fourth-order valence-corrected chi connectivity index (χ4v) is 4.15. The number of nitrogens with one attached hydrogen (secondary N) is 1. The minimum absolute atomic E-state index is 0.000674. The molecule has 2 aromatic rings. The molecule has 0 saturated carbocycles. The van der Waals surface area contributed by atoms with Gasteiger partial charge in [-0.05, 0) is 42.2 Å². The van der Waals surface area contributed by atoms with Gasteiger partial charge in [0.05, 0.1) is 16.5 Å². The Labute approximate surface area is 154 Å². The van der Waals surface area contributed by atoms with Crippen LogP contribution in [-0.4, -0.2) is 16.0 Å². The molecule has 0 unspecified atom stereocenters. The summed E-state index contributed by atoms with van der Waals surface area (Å²) in [5.41, 5.74) is 2.70. The summed E-state index contributed by atoms with van der Waals surface area (Å²) in [6.07, 6.45) is 4.93. The van der Waals surface area contributed by atoms with Crippen LogP contribution in [0.15, 0.2) is 48.6 Å². The molecule has 3 atom stereocenters. The second-order valence-electron chi connectivity index (χ2n) is 6.55. The molecule has 7 heteroatoms. The Bertz CT molecular complexity index is 957. The molecule has 1 heterocycles. The average Bonchev–Trinajstić information content (AvgIpc) is 3.11. The molecule has 0 amide bonds. The lowest BCUT2D eigenvalue weighted by Gasteiger charge is -2.37. The number of carboxylic acid groups (broad SMARTS) is 1. The lowest BCUT2D eigenvalue weighted by molar-refractivity contribution is -0.384. The van der Waals surface area contributed by atoms with Gasteiger partial charge in [0.25, 0.3) is 5.69 Å². The topological polar surface area (TPSA) is 92.5 Å². The van der Waals surface area contributed by atoms with Crippen molar-refractivity contribution < 1.29 is 14.8 Å². The lowest BCUT2D eigenvalue weighted by atomic mass is 9.76. The number of allylic oxidation sites excluding steroid dienone is 2. The molecule has 0 saturated heterocycles. The van der Waals surface area contributed by atoms with Crippen LogP contribution in [0.1, 0.15) is 39.9 Å². The maximum Gasteiger partial charge on any atom is 0.335 e. The summed E-state index contributed by atoms with van der Waals surface area (Å²) in [6.45, 7) is 0. The fraction of sp³-hybridized carbons (Fsp3) is 0.211. The minimum Gasteiger partial charge on any atom is -0.478 e. The van der Waals surface area contributed by atoms with E-state index in [-0.39, 0.29) is 29.1 Å². The van der Waals surface area contributed by atoms with Crippen LogP contribution in [0.5, 0.6) is 0 Å². The summed E-state index contributed by atoms with van der Waals surface area (Å²) < 4.78 is 0. The molecule has 1 aliphatic carbocycles. The first-order valence-corrected chi connectivity index (χ1v) is 8.58. The first-order valence-electron chi connectivity index (χ1n) is 8.20. The number of non-ortho nitro benzene ring substituents is 1. The van der Waals surface area contributed by atoms with E-state index in [2.05, 4.69) is 17.5 Å². The number of nitro groups is 1. The molecule has 132 valence electrons. The molecular formula is C19H15ClN2O4. The van der Waals surface area contributed by atoms with Crippen LogP contribution in [0.4, 0.5) is 11.4 Å². The quantitative estimate of drug-likeness (QED) is 0.461. The van der Waals surface area contributed by atoms with Crippen LogP contribution >= 0.6 is 11.6 Å². The van der Waals surface area contributed by atoms with Gasteiger partial charge in [0.2, 0.25) is 0 Å². The molecule has 4 rings (SSSR count). The van der Waals surface area contributed by atoms with Gasteiger partial charge in [0.1, 0.15) is 0 Å². The third kappa shape index (κ3) is 2.63. The maximum absolute atomic E-state index is 11.3. The van der Waals surface area contributed by atoms with Gasteiger partial charge < -0.3 is 10.4 Å². The van der Waals surface area contributed by atoms with Gasteiger partial charge in [0.15, 0.2) is 0 Å². The Balaban J connectivity index is 1.80. The van der Waals surface area contributed by atoms with Gasteiger partial charge in [-0.15, -0.1) is 0 Å². The van der Waals surface area contributed by atoms with Gasteiger partial charge in [-0.3, -0.25) is 10.1 Å². The normalized spacial score (nSPS) is 23.0. The Morgan fingerprint density at radius 3 is 2.77 bits per heavy atom. The number of anilines is 1. The van der Waals surface area contributed by atoms with E-state index in [9.17, 15) is 20.0 Å². The number of rotatable bonds is 3. The van der Waals surface area contributed by atoms with Crippen molar-refractivity contribution >= 4 is 28.9 Å². The average molecular weight is 371 g/mol. The van der Waals surface area contributed by atoms with E-state index in [1.807, 2.05) is 0 Å². The Morgan fingerprint density at radius 1 is 1.23 bits per heavy atom. The number of halogens is 1. The second-order valence-corrected chi connectivity index (χ2v) is 6.95. The van der Waals surface area contributed by atoms with E-state index < -0.39 is 10.9 Å². The van der Waals surface area contributed by atoms with Crippen molar-refractivity contribution in [1.29, 1.82) is 0 Å². The highest BCUT2D eigenvalue weighted by Gasteiger charge is 2.39. The summed E-state index contributed by atoms with van der Waals surface area (Å²) in [5, 5.41) is 24.3. The molecule has 2 aromatic carbocycles. The van der Waals surface area contributed by atoms with Crippen molar-refractivity contribution in [2.75, 3.05) is 5.32 Å². The number of nitro benzene ring substituents is 1. The molecular weight excluding hydrogens is 356 g/mol. The summed E-state index contributed by atoms with van der Waals surface area (Å²) in [4.78, 5) is 22.0. The van der Waals surface area contributed by atoms with Gasteiger partial charge in [-0.2, -0.15) is 0 Å². The van der Waals surface area contributed by atoms with Crippen molar-refractivity contribution in [3.8, 4) is 0 Å². The number of fused-ring (bicyclic) bond motifs is 3. The Morgan fingerprint density at radius 2 is 2.04 bits per heavy atom. The second kappa shape index (κ2) is 6.14.